The molecule has 0 fully saturated rings. The van der Waals surface area contributed by atoms with Crippen molar-refractivity contribution in [2.45, 2.75) is 6.17 Å². The number of thiophene rings is 1. The number of para-hydroxylation sites is 1. The first-order valence-electron chi connectivity index (χ1n) is 7.64. The summed E-state index contributed by atoms with van der Waals surface area (Å²) in [6, 6.07) is 19.2. The molecule has 0 saturated heterocycles. The van der Waals surface area contributed by atoms with Gasteiger partial charge in [0.1, 0.15) is 11.9 Å². The van der Waals surface area contributed by atoms with Gasteiger partial charge in [0.15, 0.2) is 0 Å². The highest BCUT2D eigenvalue weighted by Crippen LogP contribution is 2.38. The second kappa shape index (κ2) is 6.02. The fourth-order valence-corrected chi connectivity index (χ4v) is 3.69. The number of hydrogen-bond donors (Lipinski definition) is 1. The van der Waals surface area contributed by atoms with Gasteiger partial charge >= 0.3 is 0 Å². The van der Waals surface area contributed by atoms with Crippen molar-refractivity contribution in [3.8, 4) is 5.75 Å². The van der Waals surface area contributed by atoms with Gasteiger partial charge in [0.25, 0.3) is 5.91 Å². The normalized spacial score (nSPS) is 16.5. The Morgan fingerprint density at radius 3 is 2.75 bits per heavy atom. The Morgan fingerprint density at radius 1 is 1.08 bits per heavy atom. The van der Waals surface area contributed by atoms with Crippen molar-refractivity contribution in [2.24, 2.45) is 0 Å². The fraction of sp³-hybridized carbons (Fsp3) is 0.105. The number of carbonyl (C=O) groups is 1. The van der Waals surface area contributed by atoms with Crippen LogP contribution in [0.25, 0.3) is 0 Å². The third kappa shape index (κ3) is 2.43. The van der Waals surface area contributed by atoms with E-state index < -0.39 is 0 Å². The first kappa shape index (κ1) is 14.8. The van der Waals surface area contributed by atoms with Gasteiger partial charge in [0.2, 0.25) is 0 Å². The van der Waals surface area contributed by atoms with Crippen LogP contribution in [0.4, 0.5) is 11.4 Å². The van der Waals surface area contributed by atoms with Gasteiger partial charge in [0, 0.05) is 16.6 Å². The molecule has 2 aromatic carbocycles. The zero-order valence-corrected chi connectivity index (χ0v) is 13.9. The Kier molecular flexibility index (Phi) is 3.70. The highest BCUT2D eigenvalue weighted by atomic mass is 32.1. The van der Waals surface area contributed by atoms with Crippen LogP contribution in [0.1, 0.15) is 21.4 Å². The largest absolute Gasteiger partial charge is 0.497 e. The molecule has 0 bridgehead atoms. The summed E-state index contributed by atoms with van der Waals surface area (Å²) in [4.78, 5) is 16.0. The molecule has 1 aromatic heterocycles. The molecule has 0 spiro atoms. The summed E-state index contributed by atoms with van der Waals surface area (Å²) in [6.07, 6.45) is -0.237. The Morgan fingerprint density at radius 2 is 1.96 bits per heavy atom. The first-order chi connectivity index (χ1) is 11.8. The van der Waals surface area contributed by atoms with Gasteiger partial charge in [-0.1, -0.05) is 24.3 Å². The zero-order chi connectivity index (χ0) is 16.5. The van der Waals surface area contributed by atoms with Crippen LogP contribution >= 0.6 is 11.3 Å². The SMILES string of the molecule is COc1cccc(N2C(=O)c3ccccc3NC2c2cccs2)c1. The molecule has 2 heterocycles. The van der Waals surface area contributed by atoms with Gasteiger partial charge in [-0.2, -0.15) is 0 Å². The molecule has 0 aliphatic carbocycles. The average molecular weight is 336 g/mol. The molecule has 0 saturated carbocycles. The standard InChI is InChI=1S/C19H16N2O2S/c1-23-14-7-4-6-13(12-14)21-18(17-10-5-11-24-17)20-16-9-3-2-8-15(16)19(21)22/h2-12,18,20H,1H3. The topological polar surface area (TPSA) is 41.6 Å². The smallest absolute Gasteiger partial charge is 0.262 e. The van der Waals surface area contributed by atoms with Crippen molar-refractivity contribution in [3.63, 3.8) is 0 Å². The molecule has 0 radical (unpaired) electrons. The number of methoxy groups -OCH3 is 1. The summed E-state index contributed by atoms with van der Waals surface area (Å²) < 4.78 is 5.32. The van der Waals surface area contributed by atoms with E-state index in [1.54, 1.807) is 23.3 Å². The van der Waals surface area contributed by atoms with Crippen molar-refractivity contribution in [2.75, 3.05) is 17.3 Å². The lowest BCUT2D eigenvalue weighted by Crippen LogP contribution is -2.42. The average Bonchev–Trinajstić information content (AvgIpc) is 3.16. The predicted octanol–water partition coefficient (Wildman–Crippen LogP) is 4.53. The van der Waals surface area contributed by atoms with Gasteiger partial charge in [0.05, 0.1) is 18.4 Å². The van der Waals surface area contributed by atoms with Crippen LogP contribution < -0.4 is 15.0 Å². The van der Waals surface area contributed by atoms with Gasteiger partial charge in [-0.15, -0.1) is 11.3 Å². The highest BCUT2D eigenvalue weighted by Gasteiger charge is 2.34. The lowest BCUT2D eigenvalue weighted by molar-refractivity contribution is 0.0975. The molecule has 4 nitrogen and oxygen atoms in total. The molecule has 1 unspecified atom stereocenters. The monoisotopic (exact) mass is 336 g/mol. The van der Waals surface area contributed by atoms with E-state index in [-0.39, 0.29) is 12.1 Å². The van der Waals surface area contributed by atoms with Crippen LogP contribution in [0.2, 0.25) is 0 Å². The third-order valence-electron chi connectivity index (χ3n) is 4.07. The van der Waals surface area contributed by atoms with Crippen LogP contribution in [0.15, 0.2) is 66.0 Å². The maximum absolute atomic E-state index is 13.2. The van der Waals surface area contributed by atoms with E-state index in [9.17, 15) is 4.79 Å². The van der Waals surface area contributed by atoms with Gasteiger partial charge in [-0.25, -0.2) is 0 Å². The van der Waals surface area contributed by atoms with Crippen LogP contribution in [-0.2, 0) is 0 Å². The van der Waals surface area contributed by atoms with E-state index in [0.717, 1.165) is 22.0 Å². The quantitative estimate of drug-likeness (QED) is 0.764. The van der Waals surface area contributed by atoms with Crippen molar-refractivity contribution < 1.29 is 9.53 Å². The number of carbonyl (C=O) groups excluding carboxylic acids is 1. The molecular weight excluding hydrogens is 320 g/mol. The maximum atomic E-state index is 13.2. The number of nitrogens with zero attached hydrogens (tertiary/aromatic N) is 1. The summed E-state index contributed by atoms with van der Waals surface area (Å²) in [6.45, 7) is 0. The summed E-state index contributed by atoms with van der Waals surface area (Å²) >= 11 is 1.63. The molecule has 1 aliphatic rings. The number of hydrogen-bond acceptors (Lipinski definition) is 4. The van der Waals surface area contributed by atoms with Crippen molar-refractivity contribution in [1.82, 2.24) is 0 Å². The van der Waals surface area contributed by atoms with E-state index in [0.29, 0.717) is 5.56 Å². The van der Waals surface area contributed by atoms with Crippen LogP contribution in [0.5, 0.6) is 5.75 Å². The summed E-state index contributed by atoms with van der Waals surface area (Å²) in [5.74, 6) is 0.708. The number of fused-ring (bicyclic) bond motifs is 1. The molecule has 1 aliphatic heterocycles. The summed E-state index contributed by atoms with van der Waals surface area (Å²) in [5.41, 5.74) is 2.34. The number of anilines is 2. The van der Waals surface area contributed by atoms with Crippen molar-refractivity contribution in [3.05, 3.63) is 76.5 Å². The first-order valence-corrected chi connectivity index (χ1v) is 8.52. The van der Waals surface area contributed by atoms with Crippen LogP contribution in [0.3, 0.4) is 0 Å². The van der Waals surface area contributed by atoms with Gasteiger partial charge in [-0.05, 0) is 35.7 Å². The molecule has 4 rings (SSSR count). The molecule has 120 valence electrons. The van der Waals surface area contributed by atoms with Crippen LogP contribution in [0, 0.1) is 0 Å². The molecule has 1 atom stereocenters. The lowest BCUT2D eigenvalue weighted by atomic mass is 10.1. The predicted molar refractivity (Wildman–Crippen MR) is 96.9 cm³/mol. The van der Waals surface area contributed by atoms with Gasteiger partial charge in [-0.3, -0.25) is 9.69 Å². The van der Waals surface area contributed by atoms with E-state index >= 15 is 0 Å². The number of benzene rings is 2. The van der Waals surface area contributed by atoms with Crippen molar-refractivity contribution in [1.29, 1.82) is 0 Å². The molecule has 1 amide bonds. The Labute approximate surface area is 144 Å². The van der Waals surface area contributed by atoms with Crippen LogP contribution in [-0.4, -0.2) is 13.0 Å². The Hall–Kier alpha value is -2.79. The molecule has 1 N–H and O–H groups in total. The number of nitrogens with one attached hydrogen (secondary N) is 1. The number of ether oxygens (including phenoxy) is 1. The minimum absolute atomic E-state index is 0.0176. The minimum atomic E-state index is -0.237. The Balaban J connectivity index is 1.85. The van der Waals surface area contributed by atoms with E-state index in [1.807, 2.05) is 66.0 Å². The molecule has 3 aromatic rings. The van der Waals surface area contributed by atoms with E-state index in [2.05, 4.69) is 5.32 Å². The van der Waals surface area contributed by atoms with E-state index in [1.165, 1.54) is 0 Å². The zero-order valence-electron chi connectivity index (χ0n) is 13.1. The fourth-order valence-electron chi connectivity index (χ4n) is 2.93. The molecule has 24 heavy (non-hydrogen) atoms. The lowest BCUT2D eigenvalue weighted by Gasteiger charge is -2.37. The van der Waals surface area contributed by atoms with E-state index in [4.69, 9.17) is 4.74 Å². The third-order valence-corrected chi connectivity index (χ3v) is 5.00. The minimum Gasteiger partial charge on any atom is -0.497 e. The number of amides is 1. The second-order valence-electron chi connectivity index (χ2n) is 5.48. The molecular formula is C19H16N2O2S. The summed E-state index contributed by atoms with van der Waals surface area (Å²) in [7, 11) is 1.63. The van der Waals surface area contributed by atoms with Gasteiger partial charge < -0.3 is 10.1 Å². The van der Waals surface area contributed by atoms with Crippen molar-refractivity contribution >= 4 is 28.6 Å². The number of rotatable bonds is 3. The Bertz CT molecular complexity index is 877. The maximum Gasteiger partial charge on any atom is 0.262 e. The second-order valence-corrected chi connectivity index (χ2v) is 6.46. The summed E-state index contributed by atoms with van der Waals surface area (Å²) in [5, 5.41) is 5.51. The highest BCUT2D eigenvalue weighted by molar-refractivity contribution is 7.10. The molecule has 5 heteroatoms.